The van der Waals surface area contributed by atoms with Gasteiger partial charge in [-0.3, -0.25) is 19.6 Å². The second-order valence-electron chi connectivity index (χ2n) is 7.40. The highest BCUT2D eigenvalue weighted by molar-refractivity contribution is 6.03. The number of nitrogens with zero attached hydrogens (tertiary/aromatic N) is 4. The summed E-state index contributed by atoms with van der Waals surface area (Å²) in [6.07, 6.45) is 5.07. The molecule has 0 unspecified atom stereocenters. The third kappa shape index (κ3) is 3.28. The van der Waals surface area contributed by atoms with E-state index in [-0.39, 0.29) is 17.9 Å². The Morgan fingerprint density at radius 3 is 2.73 bits per heavy atom. The molecule has 2 aliphatic rings. The number of rotatable bonds is 3. The van der Waals surface area contributed by atoms with Gasteiger partial charge in [-0.05, 0) is 36.4 Å². The molecular formula is C23H20N4O3. The van der Waals surface area contributed by atoms with Crippen molar-refractivity contribution in [2.24, 2.45) is 0 Å². The zero-order valence-electron chi connectivity index (χ0n) is 16.2. The summed E-state index contributed by atoms with van der Waals surface area (Å²) in [5.41, 5.74) is 1.92. The standard InChI is InChI=1S/C23H20N4O3/c28-22(16-6-5-10-24-13-16)27-15-18-12-20(27)23(29)26(14-17-7-3-4-11-25-17)19-8-1-2-9-21(19)30-18/h1-11,13,18,20H,12,14-15H2/t18-,20-/m0/s1. The molecular weight excluding hydrogens is 380 g/mol. The fourth-order valence-corrected chi connectivity index (χ4v) is 4.07. The Labute approximate surface area is 173 Å². The summed E-state index contributed by atoms with van der Waals surface area (Å²) in [5, 5.41) is 0. The molecule has 0 aliphatic carbocycles. The Morgan fingerprint density at radius 2 is 1.93 bits per heavy atom. The van der Waals surface area contributed by atoms with E-state index in [1.807, 2.05) is 42.5 Å². The van der Waals surface area contributed by atoms with Crippen LogP contribution in [0.2, 0.25) is 0 Å². The van der Waals surface area contributed by atoms with Crippen LogP contribution in [0.4, 0.5) is 5.69 Å². The third-order valence-corrected chi connectivity index (χ3v) is 5.48. The molecule has 7 heteroatoms. The lowest BCUT2D eigenvalue weighted by Crippen LogP contribution is -2.48. The maximum Gasteiger partial charge on any atom is 0.256 e. The molecule has 1 fully saturated rings. The fraction of sp³-hybridized carbons (Fsp3) is 0.217. The molecule has 150 valence electrons. The van der Waals surface area contributed by atoms with E-state index in [9.17, 15) is 9.59 Å². The number of likely N-dealkylation sites (tertiary alicyclic amines) is 1. The van der Waals surface area contributed by atoms with Gasteiger partial charge in [-0.15, -0.1) is 0 Å². The minimum atomic E-state index is -0.597. The van der Waals surface area contributed by atoms with Crippen LogP contribution in [0, 0.1) is 0 Å². The first kappa shape index (κ1) is 18.3. The van der Waals surface area contributed by atoms with Gasteiger partial charge in [0.05, 0.1) is 30.0 Å². The predicted molar refractivity (Wildman–Crippen MR) is 110 cm³/mol. The molecule has 2 aliphatic heterocycles. The largest absolute Gasteiger partial charge is 0.486 e. The Bertz CT molecular complexity index is 1070. The van der Waals surface area contributed by atoms with Crippen LogP contribution < -0.4 is 9.64 Å². The molecule has 2 bridgehead atoms. The second kappa shape index (κ2) is 7.59. The van der Waals surface area contributed by atoms with Crippen molar-refractivity contribution in [3.05, 3.63) is 84.4 Å². The monoisotopic (exact) mass is 400 g/mol. The highest BCUT2D eigenvalue weighted by atomic mass is 16.5. The average molecular weight is 400 g/mol. The van der Waals surface area contributed by atoms with Gasteiger partial charge in [-0.1, -0.05) is 18.2 Å². The van der Waals surface area contributed by atoms with Crippen molar-refractivity contribution in [2.45, 2.75) is 25.1 Å². The van der Waals surface area contributed by atoms with Crippen molar-refractivity contribution >= 4 is 17.5 Å². The van der Waals surface area contributed by atoms with Gasteiger partial charge in [0.15, 0.2) is 0 Å². The van der Waals surface area contributed by atoms with Crippen LogP contribution in [0.5, 0.6) is 5.75 Å². The highest BCUT2D eigenvalue weighted by Gasteiger charge is 2.45. The number of carbonyl (C=O) groups excluding carboxylic acids is 2. The summed E-state index contributed by atoms with van der Waals surface area (Å²) >= 11 is 0. The number of para-hydroxylation sites is 2. The molecule has 30 heavy (non-hydrogen) atoms. The summed E-state index contributed by atoms with van der Waals surface area (Å²) in [6, 6.07) is 15.9. The van der Waals surface area contributed by atoms with Crippen molar-refractivity contribution < 1.29 is 14.3 Å². The van der Waals surface area contributed by atoms with Gasteiger partial charge < -0.3 is 14.5 Å². The number of amides is 2. The maximum absolute atomic E-state index is 13.7. The van der Waals surface area contributed by atoms with E-state index in [1.165, 1.54) is 6.20 Å². The molecule has 0 radical (unpaired) electrons. The number of fused-ring (bicyclic) bond motifs is 3. The van der Waals surface area contributed by atoms with E-state index in [1.54, 1.807) is 34.3 Å². The molecule has 3 aromatic rings. The van der Waals surface area contributed by atoms with E-state index in [2.05, 4.69) is 9.97 Å². The number of ether oxygens (including phenoxy) is 1. The molecule has 1 aromatic carbocycles. The van der Waals surface area contributed by atoms with Gasteiger partial charge in [0.1, 0.15) is 17.9 Å². The van der Waals surface area contributed by atoms with Crippen LogP contribution in [0.25, 0.3) is 0 Å². The Balaban J connectivity index is 1.53. The van der Waals surface area contributed by atoms with Crippen LogP contribution in [0.1, 0.15) is 22.5 Å². The molecule has 7 nitrogen and oxygen atoms in total. The number of benzene rings is 1. The normalized spacial score (nSPS) is 20.2. The zero-order valence-corrected chi connectivity index (χ0v) is 16.2. The van der Waals surface area contributed by atoms with E-state index in [4.69, 9.17) is 4.74 Å². The van der Waals surface area contributed by atoms with Gasteiger partial charge >= 0.3 is 0 Å². The molecule has 5 rings (SSSR count). The maximum atomic E-state index is 13.7. The van der Waals surface area contributed by atoms with Gasteiger partial charge in [0, 0.05) is 25.0 Å². The number of anilines is 1. The zero-order chi connectivity index (χ0) is 20.5. The molecule has 2 amide bonds. The topological polar surface area (TPSA) is 75.6 Å². The summed E-state index contributed by atoms with van der Waals surface area (Å²) < 4.78 is 6.24. The highest BCUT2D eigenvalue weighted by Crippen LogP contribution is 2.37. The van der Waals surface area contributed by atoms with Crippen LogP contribution in [-0.4, -0.2) is 45.4 Å². The number of hydrogen-bond donors (Lipinski definition) is 0. The van der Waals surface area contributed by atoms with Crippen LogP contribution in [0.15, 0.2) is 73.2 Å². The Hall–Kier alpha value is -3.74. The second-order valence-corrected chi connectivity index (χ2v) is 7.40. The number of hydrogen-bond acceptors (Lipinski definition) is 5. The van der Waals surface area contributed by atoms with Gasteiger partial charge in [0.25, 0.3) is 5.91 Å². The lowest BCUT2D eigenvalue weighted by atomic mass is 10.1. The fourth-order valence-electron chi connectivity index (χ4n) is 4.07. The summed E-state index contributed by atoms with van der Waals surface area (Å²) in [5.74, 6) is 0.299. The quantitative estimate of drug-likeness (QED) is 0.676. The summed E-state index contributed by atoms with van der Waals surface area (Å²) in [4.78, 5) is 38.5. The minimum Gasteiger partial charge on any atom is -0.486 e. The molecule has 4 heterocycles. The number of pyridine rings is 2. The first-order chi connectivity index (χ1) is 14.7. The Morgan fingerprint density at radius 1 is 1.07 bits per heavy atom. The molecule has 2 atom stereocenters. The van der Waals surface area contributed by atoms with Crippen molar-refractivity contribution in [3.63, 3.8) is 0 Å². The minimum absolute atomic E-state index is 0.129. The molecule has 0 N–H and O–H groups in total. The van der Waals surface area contributed by atoms with Crippen molar-refractivity contribution in [2.75, 3.05) is 11.4 Å². The Kier molecular flexibility index (Phi) is 4.63. The van der Waals surface area contributed by atoms with Crippen LogP contribution >= 0.6 is 0 Å². The van der Waals surface area contributed by atoms with Crippen molar-refractivity contribution in [3.8, 4) is 5.75 Å². The smallest absolute Gasteiger partial charge is 0.256 e. The van der Waals surface area contributed by atoms with E-state index in [0.29, 0.717) is 36.5 Å². The summed E-state index contributed by atoms with van der Waals surface area (Å²) in [7, 11) is 0. The van der Waals surface area contributed by atoms with Crippen LogP contribution in [0.3, 0.4) is 0 Å². The van der Waals surface area contributed by atoms with Crippen molar-refractivity contribution in [1.82, 2.24) is 14.9 Å². The van der Waals surface area contributed by atoms with Crippen molar-refractivity contribution in [1.29, 1.82) is 0 Å². The first-order valence-corrected chi connectivity index (χ1v) is 9.88. The molecule has 0 spiro atoms. The van der Waals surface area contributed by atoms with Crippen LogP contribution in [-0.2, 0) is 11.3 Å². The molecule has 1 saturated heterocycles. The van der Waals surface area contributed by atoms with E-state index >= 15 is 0 Å². The van der Waals surface area contributed by atoms with Gasteiger partial charge in [-0.25, -0.2) is 0 Å². The summed E-state index contributed by atoms with van der Waals surface area (Å²) in [6.45, 7) is 0.659. The van der Waals surface area contributed by atoms with E-state index in [0.717, 1.165) is 5.69 Å². The molecule has 2 aromatic heterocycles. The van der Waals surface area contributed by atoms with Gasteiger partial charge in [-0.2, -0.15) is 0 Å². The predicted octanol–water partition coefficient (Wildman–Crippen LogP) is 2.69. The third-order valence-electron chi connectivity index (χ3n) is 5.48. The number of aromatic nitrogens is 2. The lowest BCUT2D eigenvalue weighted by Gasteiger charge is -2.31. The average Bonchev–Trinajstić information content (AvgIpc) is 3.22. The van der Waals surface area contributed by atoms with E-state index < -0.39 is 6.04 Å². The lowest BCUT2D eigenvalue weighted by molar-refractivity contribution is -0.122. The van der Waals surface area contributed by atoms with Gasteiger partial charge in [0.2, 0.25) is 5.91 Å². The molecule has 0 saturated carbocycles. The SMILES string of the molecule is O=C1[C@@H]2C[C@@H](CN2C(=O)c2cccnc2)Oc2ccccc2N1Cc1ccccn1. The first-order valence-electron chi connectivity index (χ1n) is 9.88. The number of carbonyl (C=O) groups is 2.